The number of nitriles is 1. The van der Waals surface area contributed by atoms with E-state index in [4.69, 9.17) is 20.9 Å². The molecule has 1 heterocycles. The van der Waals surface area contributed by atoms with Crippen LogP contribution >= 0.6 is 0 Å². The maximum absolute atomic E-state index is 9.21. The van der Waals surface area contributed by atoms with E-state index in [-0.39, 0.29) is 23.4 Å². The summed E-state index contributed by atoms with van der Waals surface area (Å²) in [4.78, 5) is 7.71. The van der Waals surface area contributed by atoms with Crippen LogP contribution in [0, 0.1) is 11.3 Å². The third-order valence-electron chi connectivity index (χ3n) is 3.10. The Morgan fingerprint density at radius 1 is 1.12 bits per heavy atom. The van der Waals surface area contributed by atoms with Gasteiger partial charge in [0.15, 0.2) is 11.6 Å². The molecule has 2 aromatic rings. The molecule has 2 rings (SSSR count). The summed E-state index contributed by atoms with van der Waals surface area (Å²) in [5, 5.41) is 9.21. The number of methoxy groups -OCH3 is 1. The predicted molar refractivity (Wildman–Crippen MR) is 94.1 cm³/mol. The summed E-state index contributed by atoms with van der Waals surface area (Å²) in [6.07, 6.45) is 1.40. The molecule has 4 N–H and O–H groups in total. The van der Waals surface area contributed by atoms with Crippen molar-refractivity contribution < 1.29 is 9.47 Å². The smallest absolute Gasteiger partial charge is 0.222 e. The highest BCUT2D eigenvalue weighted by molar-refractivity contribution is 5.56. The van der Waals surface area contributed by atoms with Gasteiger partial charge in [-0.2, -0.15) is 10.2 Å². The van der Waals surface area contributed by atoms with Gasteiger partial charge in [-0.3, -0.25) is 0 Å². The number of benzene rings is 1. The van der Waals surface area contributed by atoms with Crippen LogP contribution in [0.4, 0.5) is 11.8 Å². The van der Waals surface area contributed by atoms with Gasteiger partial charge in [-0.25, -0.2) is 4.98 Å². The van der Waals surface area contributed by atoms with Crippen molar-refractivity contribution in [3.63, 3.8) is 0 Å². The summed E-state index contributed by atoms with van der Waals surface area (Å²) in [6, 6.07) is 5.47. The Morgan fingerprint density at radius 2 is 1.79 bits per heavy atom. The number of nitrogen functional groups attached to an aromatic ring is 2. The van der Waals surface area contributed by atoms with Crippen LogP contribution in [0.2, 0.25) is 0 Å². The van der Waals surface area contributed by atoms with Crippen LogP contribution in [0.5, 0.6) is 17.2 Å². The standard InChI is InChI=1S/C15H17N5O2.C2H6/c1-8(2)10-5-11(21-3)9(6-16)4-12(10)22-13-7-19-15(18)20-14(13)17;1-2/h4-5,7-8H,1-3H3,(H4,17,18,19,20);1-2H3. The van der Waals surface area contributed by atoms with Crippen LogP contribution in [0.3, 0.4) is 0 Å². The molecule has 1 aromatic carbocycles. The van der Waals surface area contributed by atoms with Crippen molar-refractivity contribution in [3.8, 4) is 23.3 Å². The predicted octanol–water partition coefficient (Wildman–Crippen LogP) is 3.46. The van der Waals surface area contributed by atoms with Crippen molar-refractivity contribution >= 4 is 11.8 Å². The zero-order valence-electron chi connectivity index (χ0n) is 14.6. The van der Waals surface area contributed by atoms with Gasteiger partial charge < -0.3 is 20.9 Å². The Balaban J connectivity index is 0.00000139. The summed E-state index contributed by atoms with van der Waals surface area (Å²) in [5.41, 5.74) is 12.5. The Labute approximate surface area is 142 Å². The Hall–Kier alpha value is -3.01. The van der Waals surface area contributed by atoms with Gasteiger partial charge in [0.2, 0.25) is 5.95 Å². The van der Waals surface area contributed by atoms with Crippen LogP contribution in [0.15, 0.2) is 18.3 Å². The second kappa shape index (κ2) is 8.58. The van der Waals surface area contributed by atoms with Crippen LogP contribution in [-0.4, -0.2) is 17.1 Å². The highest BCUT2D eigenvalue weighted by Crippen LogP contribution is 2.36. The largest absolute Gasteiger partial charge is 0.495 e. The van der Waals surface area contributed by atoms with E-state index in [1.54, 1.807) is 12.1 Å². The first-order valence-corrected chi connectivity index (χ1v) is 7.64. The highest BCUT2D eigenvalue weighted by atomic mass is 16.5. The Bertz CT molecular complexity index is 738. The minimum atomic E-state index is 0.0707. The molecule has 24 heavy (non-hydrogen) atoms. The molecule has 7 nitrogen and oxygen atoms in total. The number of rotatable bonds is 4. The molecule has 1 aromatic heterocycles. The van der Waals surface area contributed by atoms with Gasteiger partial charge in [0.25, 0.3) is 0 Å². The minimum Gasteiger partial charge on any atom is -0.495 e. The average molecular weight is 329 g/mol. The van der Waals surface area contributed by atoms with Gasteiger partial charge in [0.05, 0.1) is 18.9 Å². The van der Waals surface area contributed by atoms with E-state index >= 15 is 0 Å². The molecule has 7 heteroatoms. The number of hydrogen-bond donors (Lipinski definition) is 2. The summed E-state index contributed by atoms with van der Waals surface area (Å²) in [7, 11) is 1.52. The first-order valence-electron chi connectivity index (χ1n) is 7.64. The minimum absolute atomic E-state index is 0.0707. The van der Waals surface area contributed by atoms with E-state index in [1.807, 2.05) is 27.7 Å². The lowest BCUT2D eigenvalue weighted by atomic mass is 9.99. The molecule has 0 radical (unpaired) electrons. The van der Waals surface area contributed by atoms with Crippen LogP contribution in [-0.2, 0) is 0 Å². The topological polar surface area (TPSA) is 120 Å². The first-order chi connectivity index (χ1) is 11.5. The maximum atomic E-state index is 9.21. The van der Waals surface area contributed by atoms with E-state index in [0.717, 1.165) is 5.56 Å². The number of aromatic nitrogens is 2. The van der Waals surface area contributed by atoms with Crippen LogP contribution in [0.25, 0.3) is 0 Å². The SMILES string of the molecule is CC.COc1cc(C(C)C)c(Oc2cnc(N)nc2N)cc1C#N. The van der Waals surface area contributed by atoms with Gasteiger partial charge in [-0.15, -0.1) is 0 Å². The van der Waals surface area contributed by atoms with Crippen molar-refractivity contribution in [2.45, 2.75) is 33.6 Å². The van der Waals surface area contributed by atoms with Crippen LogP contribution in [0.1, 0.15) is 44.7 Å². The zero-order valence-corrected chi connectivity index (χ0v) is 14.6. The lowest BCUT2D eigenvalue weighted by molar-refractivity contribution is 0.409. The van der Waals surface area contributed by atoms with Gasteiger partial charge in [-0.1, -0.05) is 27.7 Å². The number of anilines is 2. The third kappa shape index (κ3) is 4.26. The number of ether oxygens (including phenoxy) is 2. The van der Waals surface area contributed by atoms with Gasteiger partial charge in [0.1, 0.15) is 17.6 Å². The average Bonchev–Trinajstić information content (AvgIpc) is 2.58. The van der Waals surface area contributed by atoms with Gasteiger partial charge in [0, 0.05) is 11.6 Å². The number of nitrogens with two attached hydrogens (primary N) is 2. The number of nitrogens with zero attached hydrogens (tertiary/aromatic N) is 3. The van der Waals surface area contributed by atoms with E-state index in [0.29, 0.717) is 17.1 Å². The van der Waals surface area contributed by atoms with Crippen molar-refractivity contribution in [2.24, 2.45) is 0 Å². The van der Waals surface area contributed by atoms with Crippen molar-refractivity contribution in [1.29, 1.82) is 5.26 Å². The molecule has 0 spiro atoms. The molecule has 128 valence electrons. The van der Waals surface area contributed by atoms with E-state index < -0.39 is 0 Å². The molecule has 0 bridgehead atoms. The summed E-state index contributed by atoms with van der Waals surface area (Å²) in [6.45, 7) is 8.02. The molecular formula is C17H23N5O2. The van der Waals surface area contributed by atoms with Gasteiger partial charge in [-0.05, 0) is 12.0 Å². The molecule has 0 atom stereocenters. The Kier molecular flexibility index (Phi) is 6.80. The summed E-state index contributed by atoms with van der Waals surface area (Å²) < 4.78 is 11.0. The first kappa shape index (κ1) is 19.0. The van der Waals surface area contributed by atoms with E-state index in [9.17, 15) is 5.26 Å². The highest BCUT2D eigenvalue weighted by Gasteiger charge is 2.16. The second-order valence-electron chi connectivity index (χ2n) is 4.94. The molecule has 0 saturated carbocycles. The fraction of sp³-hybridized carbons (Fsp3) is 0.353. The zero-order chi connectivity index (χ0) is 18.3. The summed E-state index contributed by atoms with van der Waals surface area (Å²) >= 11 is 0. The van der Waals surface area contributed by atoms with Crippen LogP contribution < -0.4 is 20.9 Å². The molecule has 0 unspecified atom stereocenters. The maximum Gasteiger partial charge on any atom is 0.222 e. The molecule has 0 saturated heterocycles. The van der Waals surface area contributed by atoms with Gasteiger partial charge >= 0.3 is 0 Å². The van der Waals surface area contributed by atoms with E-state index in [2.05, 4.69) is 16.0 Å². The monoisotopic (exact) mass is 329 g/mol. The van der Waals surface area contributed by atoms with Crippen molar-refractivity contribution in [3.05, 3.63) is 29.5 Å². The quantitative estimate of drug-likeness (QED) is 0.881. The lowest BCUT2D eigenvalue weighted by Gasteiger charge is -2.16. The van der Waals surface area contributed by atoms with Crippen molar-refractivity contribution in [2.75, 3.05) is 18.6 Å². The third-order valence-corrected chi connectivity index (χ3v) is 3.10. The molecule has 0 aliphatic carbocycles. The second-order valence-corrected chi connectivity index (χ2v) is 4.94. The lowest BCUT2D eigenvalue weighted by Crippen LogP contribution is -2.03. The summed E-state index contributed by atoms with van der Waals surface area (Å²) in [5.74, 6) is 1.66. The molecular weight excluding hydrogens is 306 g/mol. The fourth-order valence-electron chi connectivity index (χ4n) is 1.97. The molecule has 0 aliphatic heterocycles. The molecule has 0 aliphatic rings. The molecule has 0 amide bonds. The fourth-order valence-corrected chi connectivity index (χ4v) is 1.97. The Morgan fingerprint density at radius 3 is 2.29 bits per heavy atom. The van der Waals surface area contributed by atoms with Crippen molar-refractivity contribution in [1.82, 2.24) is 9.97 Å². The number of hydrogen-bond acceptors (Lipinski definition) is 7. The van der Waals surface area contributed by atoms with E-state index in [1.165, 1.54) is 13.3 Å². The molecule has 0 fully saturated rings. The normalized spacial score (nSPS) is 9.71.